The number of nitrogens with zero attached hydrogens (tertiary/aromatic N) is 1. The number of nitrogens with one attached hydrogen (secondary N) is 1. The zero-order valence-corrected chi connectivity index (χ0v) is 8.94. The van der Waals surface area contributed by atoms with Crippen molar-refractivity contribution in [2.75, 3.05) is 0 Å². The molecule has 1 saturated carbocycles. The predicted octanol–water partition coefficient (Wildman–Crippen LogP) is 2.06. The number of hydrogen-bond donors (Lipinski definition) is 1. The van der Waals surface area contributed by atoms with Gasteiger partial charge in [0.15, 0.2) is 0 Å². The van der Waals surface area contributed by atoms with Crippen molar-refractivity contribution < 1.29 is 4.79 Å². The van der Waals surface area contributed by atoms with E-state index >= 15 is 0 Å². The van der Waals surface area contributed by atoms with E-state index in [9.17, 15) is 4.79 Å². The van der Waals surface area contributed by atoms with Crippen molar-refractivity contribution in [1.82, 2.24) is 10.3 Å². The molecule has 0 bridgehead atoms. The molecule has 0 spiro atoms. The molecular weight excluding hydrogens is 188 g/mol. The molecule has 15 heavy (non-hydrogen) atoms. The first-order valence-electron chi connectivity index (χ1n) is 5.48. The third-order valence-electron chi connectivity index (χ3n) is 2.97. The third kappa shape index (κ3) is 2.35. The fraction of sp³-hybridized carbons (Fsp3) is 0.500. The molecule has 1 atom stereocenters. The highest BCUT2D eigenvalue weighted by molar-refractivity contribution is 5.79. The van der Waals surface area contributed by atoms with Gasteiger partial charge < -0.3 is 5.32 Å². The zero-order chi connectivity index (χ0) is 10.7. The second-order valence-electron chi connectivity index (χ2n) is 4.11. The van der Waals surface area contributed by atoms with Crippen LogP contribution in [0.1, 0.15) is 37.9 Å². The molecule has 0 saturated heterocycles. The highest BCUT2D eigenvalue weighted by Crippen LogP contribution is 2.27. The molecule has 1 N–H and O–H groups in total. The summed E-state index contributed by atoms with van der Waals surface area (Å²) in [6.45, 7) is 1.97. The summed E-state index contributed by atoms with van der Waals surface area (Å²) in [5.74, 6) is 0.426. The Bertz CT molecular complexity index is 333. The van der Waals surface area contributed by atoms with Crippen LogP contribution in [0, 0.1) is 5.92 Å². The first-order valence-corrected chi connectivity index (χ1v) is 5.48. The van der Waals surface area contributed by atoms with Gasteiger partial charge in [-0.2, -0.15) is 0 Å². The van der Waals surface area contributed by atoms with Crippen LogP contribution in [0.25, 0.3) is 0 Å². The Morgan fingerprint density at radius 3 is 2.87 bits per heavy atom. The molecule has 1 aliphatic carbocycles. The number of pyridine rings is 1. The summed E-state index contributed by atoms with van der Waals surface area (Å²) in [4.78, 5) is 15.9. The minimum Gasteiger partial charge on any atom is -0.348 e. The third-order valence-corrected chi connectivity index (χ3v) is 2.97. The Balaban J connectivity index is 1.91. The van der Waals surface area contributed by atoms with Gasteiger partial charge in [-0.15, -0.1) is 0 Å². The van der Waals surface area contributed by atoms with Gasteiger partial charge in [-0.3, -0.25) is 9.78 Å². The van der Waals surface area contributed by atoms with Crippen LogP contribution >= 0.6 is 0 Å². The lowest BCUT2D eigenvalue weighted by molar-refractivity contribution is -0.128. The van der Waals surface area contributed by atoms with Crippen LogP contribution in [0.4, 0.5) is 0 Å². The maximum atomic E-state index is 11.7. The van der Waals surface area contributed by atoms with E-state index in [0.29, 0.717) is 0 Å². The van der Waals surface area contributed by atoms with Crippen LogP contribution in [-0.4, -0.2) is 10.9 Å². The van der Waals surface area contributed by atoms with Crippen LogP contribution in [0.5, 0.6) is 0 Å². The molecule has 80 valence electrons. The number of hydrogen-bond acceptors (Lipinski definition) is 2. The fourth-order valence-electron chi connectivity index (χ4n) is 1.71. The van der Waals surface area contributed by atoms with Crippen molar-refractivity contribution >= 4 is 5.91 Å². The topological polar surface area (TPSA) is 42.0 Å². The number of carbonyl (C=O) groups excluding carboxylic acids is 1. The van der Waals surface area contributed by atoms with Gasteiger partial charge in [0.05, 0.1) is 11.7 Å². The molecule has 1 heterocycles. The highest BCUT2D eigenvalue weighted by Gasteiger charge is 2.26. The number of aromatic nitrogens is 1. The summed E-state index contributed by atoms with van der Waals surface area (Å²) >= 11 is 0. The maximum Gasteiger partial charge on any atom is 0.223 e. The lowest BCUT2D eigenvalue weighted by Crippen LogP contribution is -2.36. The average Bonchev–Trinajstić information content (AvgIpc) is 2.16. The van der Waals surface area contributed by atoms with E-state index < -0.39 is 0 Å². The minimum absolute atomic E-state index is 0.0132. The van der Waals surface area contributed by atoms with Crippen LogP contribution in [0.3, 0.4) is 0 Å². The van der Waals surface area contributed by atoms with Gasteiger partial charge >= 0.3 is 0 Å². The van der Waals surface area contributed by atoms with Gasteiger partial charge in [-0.1, -0.05) is 12.5 Å². The second-order valence-corrected chi connectivity index (χ2v) is 4.11. The van der Waals surface area contributed by atoms with Crippen molar-refractivity contribution in [3.63, 3.8) is 0 Å². The van der Waals surface area contributed by atoms with Crippen molar-refractivity contribution in [2.24, 2.45) is 5.92 Å². The molecule has 0 aromatic carbocycles. The van der Waals surface area contributed by atoms with Crippen LogP contribution in [-0.2, 0) is 4.79 Å². The van der Waals surface area contributed by atoms with Crippen LogP contribution in [0.15, 0.2) is 24.4 Å². The van der Waals surface area contributed by atoms with Crippen LogP contribution in [0.2, 0.25) is 0 Å². The van der Waals surface area contributed by atoms with Gasteiger partial charge in [0, 0.05) is 12.1 Å². The first kappa shape index (κ1) is 10.1. The molecule has 0 radical (unpaired) electrons. The number of amides is 1. The fourth-order valence-corrected chi connectivity index (χ4v) is 1.71. The molecule has 2 rings (SSSR count). The Kier molecular flexibility index (Phi) is 2.99. The summed E-state index contributed by atoms with van der Waals surface area (Å²) in [7, 11) is 0. The monoisotopic (exact) mass is 204 g/mol. The Labute approximate surface area is 89.9 Å². The van der Waals surface area contributed by atoms with Crippen molar-refractivity contribution in [2.45, 2.75) is 32.2 Å². The van der Waals surface area contributed by atoms with Gasteiger partial charge in [0.2, 0.25) is 5.91 Å². The molecular formula is C12H16N2O. The average molecular weight is 204 g/mol. The van der Waals surface area contributed by atoms with Crippen molar-refractivity contribution in [3.8, 4) is 0 Å². The van der Waals surface area contributed by atoms with Gasteiger partial charge in [-0.25, -0.2) is 0 Å². The summed E-state index contributed by atoms with van der Waals surface area (Å²) in [6.07, 6.45) is 5.03. The predicted molar refractivity (Wildman–Crippen MR) is 58.1 cm³/mol. The van der Waals surface area contributed by atoms with Crippen LogP contribution < -0.4 is 5.32 Å². The Morgan fingerprint density at radius 1 is 1.53 bits per heavy atom. The number of rotatable bonds is 3. The highest BCUT2D eigenvalue weighted by atomic mass is 16.2. The van der Waals surface area contributed by atoms with E-state index in [0.717, 1.165) is 18.5 Å². The lowest BCUT2D eigenvalue weighted by atomic mass is 9.84. The molecule has 3 nitrogen and oxygen atoms in total. The molecule has 0 unspecified atom stereocenters. The summed E-state index contributed by atoms with van der Waals surface area (Å²) in [5, 5.41) is 3.00. The molecule has 0 aliphatic heterocycles. The Hall–Kier alpha value is -1.38. The van der Waals surface area contributed by atoms with Gasteiger partial charge in [0.1, 0.15) is 0 Å². The van der Waals surface area contributed by atoms with E-state index in [4.69, 9.17) is 0 Å². The normalized spacial score (nSPS) is 17.9. The summed E-state index contributed by atoms with van der Waals surface area (Å²) < 4.78 is 0. The van der Waals surface area contributed by atoms with E-state index in [2.05, 4.69) is 10.3 Å². The van der Waals surface area contributed by atoms with E-state index in [-0.39, 0.29) is 17.9 Å². The van der Waals surface area contributed by atoms with E-state index in [1.54, 1.807) is 6.20 Å². The standard InChI is InChI=1S/C12H16N2O/c1-9(11-7-2-3-8-13-11)14-12(15)10-5-4-6-10/h2-3,7-10H,4-6H2,1H3,(H,14,15)/t9-/m0/s1. The van der Waals surface area contributed by atoms with Gasteiger partial charge in [-0.05, 0) is 31.9 Å². The molecule has 3 heteroatoms. The second kappa shape index (κ2) is 4.43. The molecule has 1 aromatic rings. The minimum atomic E-state index is 0.0132. The SMILES string of the molecule is C[C@H](NC(=O)C1CCC1)c1ccccn1. The summed E-state index contributed by atoms with van der Waals surface area (Å²) in [5.41, 5.74) is 0.921. The zero-order valence-electron chi connectivity index (χ0n) is 8.94. The molecule has 1 aromatic heterocycles. The lowest BCUT2D eigenvalue weighted by Gasteiger charge is -2.25. The molecule has 1 fully saturated rings. The molecule has 1 amide bonds. The van der Waals surface area contributed by atoms with E-state index in [1.165, 1.54) is 6.42 Å². The Morgan fingerprint density at radius 2 is 2.33 bits per heavy atom. The summed E-state index contributed by atoms with van der Waals surface area (Å²) in [6, 6.07) is 5.77. The first-order chi connectivity index (χ1) is 7.27. The smallest absolute Gasteiger partial charge is 0.223 e. The van der Waals surface area contributed by atoms with Gasteiger partial charge in [0.25, 0.3) is 0 Å². The maximum absolute atomic E-state index is 11.7. The number of carbonyl (C=O) groups is 1. The van der Waals surface area contributed by atoms with Crippen molar-refractivity contribution in [3.05, 3.63) is 30.1 Å². The largest absolute Gasteiger partial charge is 0.348 e. The van der Waals surface area contributed by atoms with E-state index in [1.807, 2.05) is 25.1 Å². The van der Waals surface area contributed by atoms with Crippen molar-refractivity contribution in [1.29, 1.82) is 0 Å². The molecule has 1 aliphatic rings. The quantitative estimate of drug-likeness (QED) is 0.818.